The van der Waals surface area contributed by atoms with Gasteiger partial charge in [0.2, 0.25) is 11.8 Å². The summed E-state index contributed by atoms with van der Waals surface area (Å²) in [4.78, 5) is 79.5. The first kappa shape index (κ1) is 94.5. The van der Waals surface area contributed by atoms with E-state index in [1.165, 1.54) is 84.0 Å². The van der Waals surface area contributed by atoms with Gasteiger partial charge < -0.3 is 55.1 Å². The fourth-order valence-corrected chi connectivity index (χ4v) is 11.7. The molecule has 0 aliphatic rings. The molecule has 4 unspecified atom stereocenters. The highest BCUT2D eigenvalue weighted by atomic mass is 16.5. The van der Waals surface area contributed by atoms with Crippen LogP contribution in [0.25, 0.3) is 0 Å². The zero-order valence-corrected chi connectivity index (χ0v) is 63.2. The van der Waals surface area contributed by atoms with Crippen LogP contribution in [0.4, 0.5) is 0 Å². The minimum atomic E-state index is -1.64. The number of rotatable bonds is 72. The number of amides is 2. The average Bonchev–Trinajstić information content (AvgIpc) is 1.35. The summed E-state index contributed by atoms with van der Waals surface area (Å²) in [6.45, 7) is 14.0. The Balaban J connectivity index is 5.32. The quantitative estimate of drug-likeness (QED) is 0.0129. The summed E-state index contributed by atoms with van der Waals surface area (Å²) >= 11 is 0. The van der Waals surface area contributed by atoms with Gasteiger partial charge in [-0.3, -0.25) is 38.6 Å². The molecule has 0 aliphatic heterocycles. The van der Waals surface area contributed by atoms with Gasteiger partial charge in [-0.15, -0.1) is 0 Å². The van der Waals surface area contributed by atoms with Crippen molar-refractivity contribution in [1.29, 1.82) is 0 Å². The van der Waals surface area contributed by atoms with Crippen molar-refractivity contribution in [3.8, 4) is 0 Å². The van der Waals surface area contributed by atoms with Gasteiger partial charge in [0, 0.05) is 78.0 Å². The van der Waals surface area contributed by atoms with E-state index >= 15 is 0 Å². The SMILES string of the molecule is CCCCCC/C=C\COC(=O)CCCCCC(O)CN(CCCNC(=O)CC(C)(O)CC(=O)NCCCN(CC(O)CCCCCC(=O)OC/C=C\CCCCCC)CC(O)CCCCCC(=O)OC/C=C\CCCCCC)CC(O)CCCCCC(=O)OC/C=C\CCCCCC. The van der Waals surface area contributed by atoms with Gasteiger partial charge >= 0.3 is 23.9 Å². The van der Waals surface area contributed by atoms with Crippen molar-refractivity contribution in [1.82, 2.24) is 20.4 Å². The molecular weight excluding hydrogens is 1260 g/mol. The van der Waals surface area contributed by atoms with Crippen LogP contribution >= 0.6 is 0 Å². The van der Waals surface area contributed by atoms with Crippen molar-refractivity contribution in [3.05, 3.63) is 48.6 Å². The van der Waals surface area contributed by atoms with Gasteiger partial charge in [0.05, 0.1) is 42.9 Å². The van der Waals surface area contributed by atoms with E-state index in [0.717, 1.165) is 77.0 Å². The van der Waals surface area contributed by atoms with E-state index in [9.17, 15) is 54.3 Å². The van der Waals surface area contributed by atoms with E-state index in [-0.39, 0.29) is 76.2 Å². The third-order valence-corrected chi connectivity index (χ3v) is 17.5. The lowest BCUT2D eigenvalue weighted by atomic mass is 9.97. The van der Waals surface area contributed by atoms with Crippen molar-refractivity contribution >= 4 is 35.7 Å². The fourth-order valence-electron chi connectivity index (χ4n) is 11.7. The number of nitrogens with zero attached hydrogens (tertiary/aromatic N) is 2. The lowest BCUT2D eigenvalue weighted by Gasteiger charge is -2.28. The van der Waals surface area contributed by atoms with Crippen LogP contribution in [0.3, 0.4) is 0 Å². The first-order valence-electron chi connectivity index (χ1n) is 39.6. The lowest BCUT2D eigenvalue weighted by molar-refractivity contribution is -0.143. The number of nitrogens with one attached hydrogen (secondary N) is 2. The van der Waals surface area contributed by atoms with Crippen LogP contribution in [-0.4, -0.2) is 180 Å². The van der Waals surface area contributed by atoms with Gasteiger partial charge in [-0.2, -0.15) is 0 Å². The van der Waals surface area contributed by atoms with Crippen molar-refractivity contribution in [2.75, 3.05) is 78.8 Å². The highest BCUT2D eigenvalue weighted by Crippen LogP contribution is 2.18. The smallest absolute Gasteiger partial charge is 0.306 e. The Morgan fingerprint density at radius 1 is 0.343 bits per heavy atom. The second-order valence-electron chi connectivity index (χ2n) is 27.8. The van der Waals surface area contributed by atoms with Gasteiger partial charge in [0.1, 0.15) is 26.4 Å². The number of carbonyl (C=O) groups is 6. The van der Waals surface area contributed by atoms with Crippen molar-refractivity contribution in [2.45, 2.75) is 347 Å². The number of hydrogen-bond donors (Lipinski definition) is 7. The average molecular weight is 1400 g/mol. The third kappa shape index (κ3) is 67.7. The molecule has 0 saturated carbocycles. The van der Waals surface area contributed by atoms with Gasteiger partial charge in [0.25, 0.3) is 0 Å². The van der Waals surface area contributed by atoms with Gasteiger partial charge in [-0.1, -0.05) is 205 Å². The molecule has 0 spiro atoms. The number of allylic oxidation sites excluding steroid dienone is 4. The first-order chi connectivity index (χ1) is 47.9. The molecule has 0 heterocycles. The zero-order chi connectivity index (χ0) is 72.9. The molecule has 0 bridgehead atoms. The Labute approximate surface area is 601 Å². The molecule has 0 aromatic rings. The maximum atomic E-state index is 13.2. The second-order valence-corrected chi connectivity index (χ2v) is 27.8. The van der Waals surface area contributed by atoms with E-state index in [1.807, 2.05) is 34.1 Å². The molecule has 2 amide bonds. The van der Waals surface area contributed by atoms with Crippen LogP contribution < -0.4 is 10.6 Å². The monoisotopic (exact) mass is 1400 g/mol. The number of carbonyl (C=O) groups excluding carboxylic acids is 6. The maximum Gasteiger partial charge on any atom is 0.306 e. The molecule has 4 atom stereocenters. The van der Waals surface area contributed by atoms with Gasteiger partial charge in [-0.05, 0) is 122 Å². The summed E-state index contributed by atoms with van der Waals surface area (Å²) in [5.74, 6) is -1.77. The molecule has 0 aliphatic carbocycles. The Morgan fingerprint density at radius 2 is 0.586 bits per heavy atom. The Bertz CT molecular complexity index is 1820. The fraction of sp³-hybridized carbons (Fsp3) is 0.825. The minimum absolute atomic E-state index is 0.230. The first-order valence-corrected chi connectivity index (χ1v) is 39.6. The van der Waals surface area contributed by atoms with Crippen molar-refractivity contribution in [2.24, 2.45) is 0 Å². The number of aliphatic hydroxyl groups is 5. The maximum absolute atomic E-state index is 13.2. The standard InChI is InChI=1S/C80H146N4O15/c1-6-10-14-18-22-26-42-60-96-76(91)52-38-30-34-48-70(85)66-83(67-71(86)49-35-31-39-53-77(92)97-61-43-27-23-19-15-11-7-2)58-46-56-81-74(89)64-80(5,95)65-75(90)82-57-47-59-84(68-72(87)50-36-32-40-54-78(93)98-62-44-28-24-20-16-12-8-3)69-73(88)51-37-33-41-55-79(94)99-63-45-29-25-21-17-13-9-4/h26-29,42-45,70-73,85-88,95H,6-25,30-41,46-69H2,1-5H3,(H,81,89)(H,82,90)/b42-26-,43-27-,44-28-,45-29-. The number of hydrogen-bond acceptors (Lipinski definition) is 17. The predicted octanol–water partition coefficient (Wildman–Crippen LogP) is 14.7. The van der Waals surface area contributed by atoms with Crippen LogP contribution in [0.5, 0.6) is 0 Å². The summed E-state index contributed by atoms with van der Waals surface area (Å²) in [7, 11) is 0. The van der Waals surface area contributed by atoms with Crippen LogP contribution in [0.2, 0.25) is 0 Å². The molecule has 99 heavy (non-hydrogen) atoms. The van der Waals surface area contributed by atoms with Gasteiger partial charge in [-0.25, -0.2) is 0 Å². The molecule has 0 fully saturated rings. The Kier molecular flexibility index (Phi) is 66.1. The zero-order valence-electron chi connectivity index (χ0n) is 63.2. The Morgan fingerprint density at radius 3 is 0.828 bits per heavy atom. The van der Waals surface area contributed by atoms with Crippen LogP contribution in [0.1, 0.15) is 317 Å². The van der Waals surface area contributed by atoms with E-state index in [1.54, 1.807) is 0 Å². The topological polar surface area (TPSA) is 271 Å². The summed E-state index contributed by atoms with van der Waals surface area (Å²) in [5, 5.41) is 61.6. The molecular formula is C80H146N4O15. The number of esters is 4. The molecule has 576 valence electrons. The third-order valence-electron chi connectivity index (χ3n) is 17.5. The number of unbranched alkanes of at least 4 members (excludes halogenated alkanes) is 24. The summed E-state index contributed by atoms with van der Waals surface area (Å²) in [5.41, 5.74) is -1.64. The van der Waals surface area contributed by atoms with E-state index in [4.69, 9.17) is 18.9 Å². The molecule has 0 rings (SSSR count). The summed E-state index contributed by atoms with van der Waals surface area (Å²) in [6.07, 6.45) is 48.5. The van der Waals surface area contributed by atoms with Crippen LogP contribution in [-0.2, 0) is 47.7 Å². The highest BCUT2D eigenvalue weighted by molar-refractivity contribution is 5.80. The summed E-state index contributed by atoms with van der Waals surface area (Å²) < 4.78 is 21.4. The molecule has 0 radical (unpaired) electrons. The lowest BCUT2D eigenvalue weighted by Crippen LogP contribution is -2.42. The Hall–Kier alpha value is -4.50. The normalized spacial score (nSPS) is 13.8. The largest absolute Gasteiger partial charge is 0.461 e. The second kappa shape index (κ2) is 69.2. The van der Waals surface area contributed by atoms with Crippen molar-refractivity contribution < 1.29 is 73.2 Å². The van der Waals surface area contributed by atoms with Crippen LogP contribution in [0, 0.1) is 0 Å². The molecule has 7 N–H and O–H groups in total. The van der Waals surface area contributed by atoms with E-state index < -0.39 is 41.8 Å². The number of aliphatic hydroxyl groups excluding tert-OH is 4. The predicted molar refractivity (Wildman–Crippen MR) is 400 cm³/mol. The molecule has 0 saturated heterocycles. The molecule has 0 aromatic carbocycles. The molecule has 0 aromatic heterocycles. The van der Waals surface area contributed by atoms with E-state index in [2.05, 4.69) is 62.6 Å². The van der Waals surface area contributed by atoms with E-state index in [0.29, 0.717) is 155 Å². The number of ether oxygens (including phenoxy) is 4. The summed E-state index contributed by atoms with van der Waals surface area (Å²) in [6, 6.07) is 0. The molecule has 19 heteroatoms. The molecule has 19 nitrogen and oxygen atoms in total. The van der Waals surface area contributed by atoms with Gasteiger partial charge in [0.15, 0.2) is 0 Å². The highest BCUT2D eigenvalue weighted by Gasteiger charge is 2.28. The van der Waals surface area contributed by atoms with Crippen molar-refractivity contribution in [3.63, 3.8) is 0 Å². The van der Waals surface area contributed by atoms with Crippen LogP contribution in [0.15, 0.2) is 48.6 Å². The minimum Gasteiger partial charge on any atom is -0.461 e.